The Morgan fingerprint density at radius 2 is 1.63 bits per heavy atom. The van der Waals surface area contributed by atoms with Crippen molar-refractivity contribution in [2.24, 2.45) is 4.99 Å². The van der Waals surface area contributed by atoms with Gasteiger partial charge in [0, 0.05) is 31.7 Å². The van der Waals surface area contributed by atoms with Crippen molar-refractivity contribution >= 4 is 22.3 Å². The normalized spacial score (nSPS) is 15.2. The van der Waals surface area contributed by atoms with E-state index in [-0.39, 0.29) is 0 Å². The minimum atomic E-state index is 0.880. The van der Waals surface area contributed by atoms with Crippen molar-refractivity contribution in [2.45, 2.75) is 6.92 Å². The first-order valence-corrected chi connectivity index (χ1v) is 9.42. The lowest BCUT2D eigenvalue weighted by Crippen LogP contribution is -2.46. The standard InChI is InChI=1S/C23H25N3O/c1-17-3-8-21(9-4-17)25-23(26-13-11-24-12-14-26)20-6-5-19-16-22(27-2)10-7-18(19)15-20/h3-10,15-16,24H,11-14H2,1-2H3. The number of ether oxygens (including phenoxy) is 1. The molecule has 1 heterocycles. The van der Waals surface area contributed by atoms with E-state index in [0.29, 0.717) is 0 Å². The third-order valence-electron chi connectivity index (χ3n) is 4.99. The highest BCUT2D eigenvalue weighted by molar-refractivity contribution is 6.03. The van der Waals surface area contributed by atoms with Crippen LogP contribution in [-0.4, -0.2) is 44.0 Å². The van der Waals surface area contributed by atoms with Crippen LogP contribution >= 0.6 is 0 Å². The first-order chi connectivity index (χ1) is 13.2. The number of fused-ring (bicyclic) bond motifs is 1. The Kier molecular flexibility index (Phi) is 5.07. The van der Waals surface area contributed by atoms with Crippen LogP contribution in [-0.2, 0) is 0 Å². The maximum absolute atomic E-state index is 5.34. The lowest BCUT2D eigenvalue weighted by atomic mass is 10.0. The lowest BCUT2D eigenvalue weighted by Gasteiger charge is -2.30. The highest BCUT2D eigenvalue weighted by Gasteiger charge is 2.17. The Balaban J connectivity index is 1.77. The fourth-order valence-corrected chi connectivity index (χ4v) is 3.43. The molecule has 0 saturated carbocycles. The van der Waals surface area contributed by atoms with Crippen molar-refractivity contribution in [1.82, 2.24) is 10.2 Å². The van der Waals surface area contributed by atoms with Crippen molar-refractivity contribution in [2.75, 3.05) is 33.3 Å². The fourth-order valence-electron chi connectivity index (χ4n) is 3.43. The van der Waals surface area contributed by atoms with E-state index in [2.05, 4.69) is 71.7 Å². The largest absolute Gasteiger partial charge is 0.497 e. The number of piperazine rings is 1. The number of nitrogens with one attached hydrogen (secondary N) is 1. The predicted molar refractivity (Wildman–Crippen MR) is 112 cm³/mol. The summed E-state index contributed by atoms with van der Waals surface area (Å²) in [6.45, 7) is 5.99. The molecule has 0 atom stereocenters. The molecule has 3 aromatic carbocycles. The Bertz CT molecular complexity index is 957. The quantitative estimate of drug-likeness (QED) is 0.564. The number of aryl methyl sites for hydroxylation is 1. The molecule has 0 spiro atoms. The van der Waals surface area contributed by atoms with Crippen molar-refractivity contribution in [3.8, 4) is 5.75 Å². The summed E-state index contributed by atoms with van der Waals surface area (Å²) in [5, 5.41) is 5.79. The van der Waals surface area contributed by atoms with Gasteiger partial charge in [0.1, 0.15) is 11.6 Å². The molecule has 27 heavy (non-hydrogen) atoms. The van der Waals surface area contributed by atoms with Crippen LogP contribution < -0.4 is 10.1 Å². The average Bonchev–Trinajstić information content (AvgIpc) is 2.73. The molecule has 0 radical (unpaired) electrons. The molecule has 1 aliphatic heterocycles. The number of aliphatic imine (C=N–C) groups is 1. The summed E-state index contributed by atoms with van der Waals surface area (Å²) in [6.07, 6.45) is 0. The summed E-state index contributed by atoms with van der Waals surface area (Å²) in [7, 11) is 1.70. The Morgan fingerprint density at radius 3 is 2.37 bits per heavy atom. The number of amidine groups is 1. The average molecular weight is 359 g/mol. The highest BCUT2D eigenvalue weighted by atomic mass is 16.5. The van der Waals surface area contributed by atoms with E-state index in [9.17, 15) is 0 Å². The highest BCUT2D eigenvalue weighted by Crippen LogP contribution is 2.24. The van der Waals surface area contributed by atoms with Crippen LogP contribution in [0.5, 0.6) is 5.75 Å². The number of rotatable bonds is 3. The minimum Gasteiger partial charge on any atom is -0.497 e. The van der Waals surface area contributed by atoms with Gasteiger partial charge >= 0.3 is 0 Å². The molecule has 4 nitrogen and oxygen atoms in total. The number of hydrogen-bond donors (Lipinski definition) is 1. The summed E-state index contributed by atoms with van der Waals surface area (Å²) < 4.78 is 5.34. The van der Waals surface area contributed by atoms with E-state index in [1.54, 1.807) is 7.11 Å². The van der Waals surface area contributed by atoms with Crippen LogP contribution in [0.4, 0.5) is 5.69 Å². The fraction of sp³-hybridized carbons (Fsp3) is 0.261. The molecule has 3 aromatic rings. The molecule has 0 unspecified atom stereocenters. The molecule has 4 rings (SSSR count). The van der Waals surface area contributed by atoms with E-state index < -0.39 is 0 Å². The van der Waals surface area contributed by atoms with Gasteiger partial charge in [0.15, 0.2) is 0 Å². The number of nitrogens with zero attached hydrogens (tertiary/aromatic N) is 2. The van der Waals surface area contributed by atoms with Gasteiger partial charge in [0.2, 0.25) is 0 Å². The molecular formula is C23H25N3O. The smallest absolute Gasteiger partial charge is 0.136 e. The molecule has 0 aromatic heterocycles. The second-order valence-corrected chi connectivity index (χ2v) is 6.94. The third-order valence-corrected chi connectivity index (χ3v) is 4.99. The number of methoxy groups -OCH3 is 1. The maximum Gasteiger partial charge on any atom is 0.136 e. The van der Waals surface area contributed by atoms with Crippen LogP contribution in [0.3, 0.4) is 0 Å². The molecular weight excluding hydrogens is 334 g/mol. The van der Waals surface area contributed by atoms with Gasteiger partial charge in [-0.2, -0.15) is 0 Å². The molecule has 0 bridgehead atoms. The summed E-state index contributed by atoms with van der Waals surface area (Å²) in [5.74, 6) is 1.92. The zero-order valence-electron chi connectivity index (χ0n) is 15.9. The van der Waals surface area contributed by atoms with Gasteiger partial charge in [0.05, 0.1) is 12.8 Å². The first-order valence-electron chi connectivity index (χ1n) is 9.42. The van der Waals surface area contributed by atoms with Crippen molar-refractivity contribution < 1.29 is 4.74 Å². The maximum atomic E-state index is 5.34. The van der Waals surface area contributed by atoms with E-state index in [0.717, 1.165) is 49.0 Å². The van der Waals surface area contributed by atoms with E-state index in [4.69, 9.17) is 9.73 Å². The zero-order valence-corrected chi connectivity index (χ0v) is 15.9. The van der Waals surface area contributed by atoms with Crippen LogP contribution in [0.1, 0.15) is 11.1 Å². The molecule has 0 aliphatic carbocycles. The Morgan fingerprint density at radius 1 is 0.926 bits per heavy atom. The molecule has 1 fully saturated rings. The summed E-state index contributed by atoms with van der Waals surface area (Å²) in [5.41, 5.74) is 3.39. The zero-order chi connectivity index (χ0) is 18.6. The van der Waals surface area contributed by atoms with Gasteiger partial charge in [-0.05, 0) is 48.0 Å². The van der Waals surface area contributed by atoms with E-state index in [1.807, 2.05) is 6.07 Å². The molecule has 1 N–H and O–H groups in total. The van der Waals surface area contributed by atoms with Gasteiger partial charge in [-0.3, -0.25) is 0 Å². The van der Waals surface area contributed by atoms with Gasteiger partial charge in [-0.25, -0.2) is 4.99 Å². The molecule has 1 aliphatic rings. The van der Waals surface area contributed by atoms with Gasteiger partial charge < -0.3 is 15.0 Å². The molecule has 4 heteroatoms. The second kappa shape index (κ2) is 7.80. The van der Waals surface area contributed by atoms with Gasteiger partial charge in [-0.1, -0.05) is 35.9 Å². The Hall–Kier alpha value is -2.85. The van der Waals surface area contributed by atoms with Crippen LogP contribution in [0, 0.1) is 6.92 Å². The van der Waals surface area contributed by atoms with Crippen LogP contribution in [0.15, 0.2) is 65.7 Å². The van der Waals surface area contributed by atoms with Gasteiger partial charge in [0.25, 0.3) is 0 Å². The summed E-state index contributed by atoms with van der Waals surface area (Å²) in [6, 6.07) is 21.1. The Labute approximate surface area is 160 Å². The number of benzene rings is 3. The minimum absolute atomic E-state index is 0.880. The molecule has 138 valence electrons. The number of hydrogen-bond acceptors (Lipinski definition) is 3. The van der Waals surface area contributed by atoms with Crippen LogP contribution in [0.25, 0.3) is 10.8 Å². The third kappa shape index (κ3) is 3.96. The summed E-state index contributed by atoms with van der Waals surface area (Å²) >= 11 is 0. The molecule has 0 amide bonds. The predicted octanol–water partition coefficient (Wildman–Crippen LogP) is 4.14. The lowest BCUT2D eigenvalue weighted by molar-refractivity contribution is 0.358. The topological polar surface area (TPSA) is 36.9 Å². The van der Waals surface area contributed by atoms with Crippen molar-refractivity contribution in [3.63, 3.8) is 0 Å². The monoisotopic (exact) mass is 359 g/mol. The van der Waals surface area contributed by atoms with Crippen molar-refractivity contribution in [1.29, 1.82) is 0 Å². The van der Waals surface area contributed by atoms with E-state index >= 15 is 0 Å². The SMILES string of the molecule is COc1ccc2cc(C(=Nc3ccc(C)cc3)N3CCNCC3)ccc2c1. The summed E-state index contributed by atoms with van der Waals surface area (Å²) in [4.78, 5) is 7.40. The van der Waals surface area contributed by atoms with Crippen LogP contribution in [0.2, 0.25) is 0 Å². The van der Waals surface area contributed by atoms with Gasteiger partial charge in [-0.15, -0.1) is 0 Å². The van der Waals surface area contributed by atoms with E-state index in [1.165, 1.54) is 16.3 Å². The molecule has 1 saturated heterocycles. The van der Waals surface area contributed by atoms with Crippen molar-refractivity contribution in [3.05, 3.63) is 71.8 Å². The second-order valence-electron chi connectivity index (χ2n) is 6.94. The first kappa shape index (κ1) is 17.6.